The van der Waals surface area contributed by atoms with E-state index in [0.29, 0.717) is 0 Å². The molecule has 6 aromatic rings. The summed E-state index contributed by atoms with van der Waals surface area (Å²) in [5.41, 5.74) is 11.7. The Kier molecular flexibility index (Phi) is 7.97. The maximum absolute atomic E-state index is 5.55. The standard InChI is InChI=1S/C17H11N2O.C15H16N.Ir/c1-11-8-14-13(15-4-2-3-6-18-15)9-12-5-7-20-17(12)16(14)19-10-11;1-10-5-6-14(7-11(10)2)15-8-12(3)13(4)9-16-15;/h2-8,10H,1H3;5,7-9H,1-4H3;/q2*-1;. The average Bonchev–Trinajstić information content (AvgIpc) is 3.36. The summed E-state index contributed by atoms with van der Waals surface area (Å²) in [5, 5.41) is 1.95. The van der Waals surface area contributed by atoms with Crippen LogP contribution in [0, 0.1) is 46.8 Å². The second-order valence-corrected chi connectivity index (χ2v) is 9.15. The van der Waals surface area contributed by atoms with E-state index in [0.717, 1.165) is 50.0 Å². The van der Waals surface area contributed by atoms with E-state index in [9.17, 15) is 0 Å². The Morgan fingerprint density at radius 2 is 1.57 bits per heavy atom. The first-order valence-electron chi connectivity index (χ1n) is 11.9. The third-order valence-electron chi connectivity index (χ3n) is 6.43. The zero-order valence-corrected chi connectivity index (χ0v) is 23.9. The predicted molar refractivity (Wildman–Crippen MR) is 146 cm³/mol. The van der Waals surface area contributed by atoms with Crippen molar-refractivity contribution in [2.75, 3.05) is 0 Å². The molecule has 0 aliphatic heterocycles. The molecule has 0 saturated carbocycles. The molecule has 0 aliphatic carbocycles. The molecule has 0 saturated heterocycles. The number of furan rings is 1. The zero-order valence-electron chi connectivity index (χ0n) is 21.5. The van der Waals surface area contributed by atoms with Gasteiger partial charge in [-0.1, -0.05) is 66.1 Å². The van der Waals surface area contributed by atoms with Gasteiger partial charge in [-0.25, -0.2) is 0 Å². The van der Waals surface area contributed by atoms with Crippen LogP contribution in [-0.2, 0) is 20.1 Å². The summed E-state index contributed by atoms with van der Waals surface area (Å²) < 4.78 is 5.55. The molecule has 0 atom stereocenters. The van der Waals surface area contributed by atoms with Crippen molar-refractivity contribution in [2.45, 2.75) is 34.6 Å². The van der Waals surface area contributed by atoms with Crippen molar-refractivity contribution in [1.29, 1.82) is 0 Å². The van der Waals surface area contributed by atoms with Crippen LogP contribution in [0.1, 0.15) is 27.8 Å². The SMILES string of the molecule is Cc1c[c-]c(-c2cc(C)c(C)cn2)cc1C.Cc1cnc2c(c1)c(-c1ccccn1)[c-]c1ccoc12.[Ir]. The minimum absolute atomic E-state index is 0. The number of rotatable bonds is 2. The molecule has 187 valence electrons. The molecule has 5 heteroatoms. The Labute approximate surface area is 231 Å². The summed E-state index contributed by atoms with van der Waals surface area (Å²) in [6, 6.07) is 22.8. The van der Waals surface area contributed by atoms with Crippen molar-refractivity contribution >= 4 is 21.9 Å². The number of hydrogen-bond donors (Lipinski definition) is 0. The van der Waals surface area contributed by atoms with Gasteiger partial charge in [0.15, 0.2) is 0 Å². The van der Waals surface area contributed by atoms with Gasteiger partial charge in [-0.3, -0.25) is 9.97 Å². The molecule has 0 spiro atoms. The molecule has 2 aromatic carbocycles. The molecule has 37 heavy (non-hydrogen) atoms. The second kappa shape index (κ2) is 11.2. The molecule has 1 radical (unpaired) electrons. The molecule has 4 nitrogen and oxygen atoms in total. The summed E-state index contributed by atoms with van der Waals surface area (Å²) in [6.45, 7) is 10.4. The average molecular weight is 662 g/mol. The van der Waals surface area contributed by atoms with Gasteiger partial charge in [-0.05, 0) is 43.7 Å². The van der Waals surface area contributed by atoms with E-state index >= 15 is 0 Å². The van der Waals surface area contributed by atoms with Crippen LogP contribution in [0.4, 0.5) is 0 Å². The fraction of sp³-hybridized carbons (Fsp3) is 0.156. The smallest absolute Gasteiger partial charge is 0.0847 e. The topological polar surface area (TPSA) is 51.8 Å². The Morgan fingerprint density at radius 3 is 2.30 bits per heavy atom. The molecular formula is C32H27IrN3O-2. The fourth-order valence-corrected chi connectivity index (χ4v) is 4.04. The van der Waals surface area contributed by atoms with Crippen molar-refractivity contribution in [2.24, 2.45) is 0 Å². The Hall–Kier alpha value is -3.66. The molecule has 0 unspecified atom stereocenters. The van der Waals surface area contributed by atoms with Crippen LogP contribution in [0.2, 0.25) is 0 Å². The van der Waals surface area contributed by atoms with Crippen LogP contribution in [0.5, 0.6) is 0 Å². The summed E-state index contributed by atoms with van der Waals surface area (Å²) in [7, 11) is 0. The monoisotopic (exact) mass is 662 g/mol. The third kappa shape index (κ3) is 5.53. The second-order valence-electron chi connectivity index (χ2n) is 9.15. The quantitative estimate of drug-likeness (QED) is 0.177. The van der Waals surface area contributed by atoms with E-state index in [4.69, 9.17) is 4.42 Å². The molecule has 0 bridgehead atoms. The Morgan fingerprint density at radius 1 is 0.757 bits per heavy atom. The number of pyridine rings is 3. The molecular weight excluding hydrogens is 635 g/mol. The van der Waals surface area contributed by atoms with Crippen LogP contribution in [0.25, 0.3) is 44.4 Å². The first kappa shape index (κ1) is 26.4. The van der Waals surface area contributed by atoms with Crippen LogP contribution >= 0.6 is 0 Å². The van der Waals surface area contributed by atoms with Crippen molar-refractivity contribution in [3.05, 3.63) is 113 Å². The Bertz CT molecular complexity index is 1640. The van der Waals surface area contributed by atoms with Crippen molar-refractivity contribution < 1.29 is 24.5 Å². The number of benzene rings is 2. The van der Waals surface area contributed by atoms with Gasteiger partial charge >= 0.3 is 0 Å². The van der Waals surface area contributed by atoms with Gasteiger partial charge in [-0.2, -0.15) is 0 Å². The van der Waals surface area contributed by atoms with Crippen molar-refractivity contribution in [3.8, 4) is 22.5 Å². The van der Waals surface area contributed by atoms with E-state index in [1.165, 1.54) is 22.3 Å². The maximum Gasteiger partial charge on any atom is 0.0847 e. The predicted octanol–water partition coefficient (Wildman–Crippen LogP) is 7.93. The first-order chi connectivity index (χ1) is 17.4. The summed E-state index contributed by atoms with van der Waals surface area (Å²) in [5.74, 6) is 0. The number of aryl methyl sites for hydroxylation is 5. The molecule has 4 heterocycles. The zero-order chi connectivity index (χ0) is 25.2. The van der Waals surface area contributed by atoms with Gasteiger partial charge in [-0.15, -0.1) is 41.0 Å². The maximum atomic E-state index is 5.55. The van der Waals surface area contributed by atoms with Gasteiger partial charge in [0.1, 0.15) is 0 Å². The summed E-state index contributed by atoms with van der Waals surface area (Å²) in [4.78, 5) is 13.4. The molecule has 0 N–H and O–H groups in total. The molecule has 0 fully saturated rings. The van der Waals surface area contributed by atoms with Crippen LogP contribution in [0.15, 0.2) is 77.8 Å². The van der Waals surface area contributed by atoms with Gasteiger partial charge in [0.05, 0.1) is 5.58 Å². The van der Waals surface area contributed by atoms with E-state index in [1.54, 1.807) is 12.5 Å². The summed E-state index contributed by atoms with van der Waals surface area (Å²) in [6.07, 6.45) is 7.24. The minimum Gasteiger partial charge on any atom is -0.506 e. The van der Waals surface area contributed by atoms with E-state index in [2.05, 4.69) is 73.0 Å². The van der Waals surface area contributed by atoms with E-state index < -0.39 is 0 Å². The number of hydrogen-bond acceptors (Lipinski definition) is 4. The molecule has 0 aliphatic rings. The third-order valence-corrected chi connectivity index (χ3v) is 6.43. The molecule has 6 rings (SSSR count). The number of fused-ring (bicyclic) bond motifs is 3. The van der Waals surface area contributed by atoms with Crippen molar-refractivity contribution in [3.63, 3.8) is 0 Å². The molecule has 4 aromatic heterocycles. The van der Waals surface area contributed by atoms with Crippen LogP contribution in [-0.4, -0.2) is 15.0 Å². The fourth-order valence-electron chi connectivity index (χ4n) is 4.04. The van der Waals surface area contributed by atoms with Gasteiger partial charge in [0.25, 0.3) is 0 Å². The van der Waals surface area contributed by atoms with E-state index in [1.807, 2.05) is 49.6 Å². The first-order valence-corrected chi connectivity index (χ1v) is 11.9. The largest absolute Gasteiger partial charge is 0.506 e. The van der Waals surface area contributed by atoms with Crippen molar-refractivity contribution in [1.82, 2.24) is 15.0 Å². The number of nitrogens with zero attached hydrogens (tertiary/aromatic N) is 3. The van der Waals surface area contributed by atoms with Gasteiger partial charge < -0.3 is 9.40 Å². The number of aromatic nitrogens is 3. The van der Waals surface area contributed by atoms with Crippen LogP contribution < -0.4 is 0 Å². The Balaban J connectivity index is 0.000000173. The van der Waals surface area contributed by atoms with Gasteiger partial charge in [0.2, 0.25) is 0 Å². The minimum atomic E-state index is 0. The van der Waals surface area contributed by atoms with Crippen LogP contribution in [0.3, 0.4) is 0 Å². The van der Waals surface area contributed by atoms with E-state index in [-0.39, 0.29) is 20.1 Å². The molecule has 0 amide bonds. The summed E-state index contributed by atoms with van der Waals surface area (Å²) >= 11 is 0. The van der Waals surface area contributed by atoms with Gasteiger partial charge in [0, 0.05) is 56.2 Å². The normalized spacial score (nSPS) is 10.6.